The Bertz CT molecular complexity index is 1050. The summed E-state index contributed by atoms with van der Waals surface area (Å²) >= 11 is 0. The van der Waals surface area contributed by atoms with Crippen molar-refractivity contribution in [1.82, 2.24) is 30.2 Å². The molecule has 30 heavy (non-hydrogen) atoms. The number of benzene rings is 1. The summed E-state index contributed by atoms with van der Waals surface area (Å²) in [5.41, 5.74) is 2.99. The molecule has 7 nitrogen and oxygen atoms in total. The number of hydrogen-bond acceptors (Lipinski definition) is 3. The summed E-state index contributed by atoms with van der Waals surface area (Å²) in [6.07, 6.45) is -3.16. The smallest absolute Gasteiger partial charge is 0.352 e. The molecule has 10 heteroatoms. The van der Waals surface area contributed by atoms with Crippen LogP contribution in [0.1, 0.15) is 28.2 Å². The van der Waals surface area contributed by atoms with E-state index in [1.165, 1.54) is 13.2 Å². The fourth-order valence-electron chi connectivity index (χ4n) is 3.22. The molecular formula is C20H24F3N7. The van der Waals surface area contributed by atoms with E-state index in [0.717, 1.165) is 27.3 Å². The van der Waals surface area contributed by atoms with E-state index in [4.69, 9.17) is 0 Å². The molecule has 1 aromatic carbocycles. The van der Waals surface area contributed by atoms with E-state index in [1.54, 1.807) is 7.05 Å². The van der Waals surface area contributed by atoms with Crippen molar-refractivity contribution < 1.29 is 13.2 Å². The Morgan fingerprint density at radius 1 is 1.07 bits per heavy atom. The van der Waals surface area contributed by atoms with Crippen molar-refractivity contribution in [2.45, 2.75) is 33.1 Å². The minimum atomic E-state index is -4.51. The van der Waals surface area contributed by atoms with Crippen molar-refractivity contribution in [3.63, 3.8) is 0 Å². The standard InChI is InChI=1S/C20H24F3N7/c1-13-9-14(2)30(27-13)17-8-6-5-7-15(17)10-25-19(24-3)26-11-16-12-29(4)28-18(16)20(21,22)23/h5-9,12H,10-11H2,1-4H3,(H2,24,25,26). The molecule has 2 aromatic heterocycles. The highest BCUT2D eigenvalue weighted by atomic mass is 19.4. The van der Waals surface area contributed by atoms with Crippen LogP contribution >= 0.6 is 0 Å². The van der Waals surface area contributed by atoms with E-state index in [2.05, 4.69) is 25.8 Å². The van der Waals surface area contributed by atoms with Crippen molar-refractivity contribution in [3.8, 4) is 5.69 Å². The lowest BCUT2D eigenvalue weighted by Crippen LogP contribution is -2.36. The number of aryl methyl sites for hydroxylation is 3. The van der Waals surface area contributed by atoms with Gasteiger partial charge in [0.05, 0.1) is 11.4 Å². The summed E-state index contributed by atoms with van der Waals surface area (Å²) in [5.74, 6) is 0.384. The van der Waals surface area contributed by atoms with Gasteiger partial charge in [-0.25, -0.2) is 4.68 Å². The molecule has 0 amide bonds. The van der Waals surface area contributed by atoms with Gasteiger partial charge >= 0.3 is 6.18 Å². The Morgan fingerprint density at radius 3 is 2.33 bits per heavy atom. The molecule has 160 valence electrons. The van der Waals surface area contributed by atoms with Gasteiger partial charge in [-0.15, -0.1) is 0 Å². The molecule has 0 aliphatic carbocycles. The second-order valence-electron chi connectivity index (χ2n) is 6.92. The first-order valence-electron chi connectivity index (χ1n) is 9.35. The number of nitrogens with one attached hydrogen (secondary N) is 2. The maximum absolute atomic E-state index is 13.1. The molecular weight excluding hydrogens is 395 g/mol. The molecule has 2 heterocycles. The molecule has 2 N–H and O–H groups in total. The molecule has 0 saturated carbocycles. The average Bonchev–Trinajstić information content (AvgIpc) is 3.23. The van der Waals surface area contributed by atoms with Gasteiger partial charge in [-0.2, -0.15) is 23.4 Å². The lowest BCUT2D eigenvalue weighted by molar-refractivity contribution is -0.142. The molecule has 0 aliphatic heterocycles. The monoisotopic (exact) mass is 419 g/mol. The third kappa shape index (κ3) is 4.81. The van der Waals surface area contributed by atoms with Crippen LogP contribution in [0.4, 0.5) is 13.2 Å². The molecule has 0 atom stereocenters. The third-order valence-corrected chi connectivity index (χ3v) is 4.52. The Kier molecular flexibility index (Phi) is 6.14. The molecule has 0 radical (unpaired) electrons. The largest absolute Gasteiger partial charge is 0.435 e. The maximum Gasteiger partial charge on any atom is 0.435 e. The number of halogens is 3. The van der Waals surface area contributed by atoms with Crippen LogP contribution < -0.4 is 10.6 Å². The number of para-hydroxylation sites is 1. The molecule has 0 spiro atoms. The van der Waals surface area contributed by atoms with Gasteiger partial charge in [-0.1, -0.05) is 18.2 Å². The molecule has 0 fully saturated rings. The van der Waals surface area contributed by atoms with Crippen LogP contribution in [0.15, 0.2) is 41.5 Å². The predicted molar refractivity (Wildman–Crippen MR) is 108 cm³/mol. The summed E-state index contributed by atoms with van der Waals surface area (Å²) < 4.78 is 42.4. The van der Waals surface area contributed by atoms with E-state index in [0.29, 0.717) is 12.5 Å². The van der Waals surface area contributed by atoms with Crippen molar-refractivity contribution in [2.75, 3.05) is 7.05 Å². The maximum atomic E-state index is 13.1. The van der Waals surface area contributed by atoms with Crippen LogP contribution in [0.5, 0.6) is 0 Å². The Labute approximate surface area is 172 Å². The molecule has 3 aromatic rings. The zero-order valence-corrected chi connectivity index (χ0v) is 17.2. The number of rotatable bonds is 5. The number of aromatic nitrogens is 4. The summed E-state index contributed by atoms with van der Waals surface area (Å²) in [4.78, 5) is 4.10. The van der Waals surface area contributed by atoms with E-state index in [9.17, 15) is 13.2 Å². The third-order valence-electron chi connectivity index (χ3n) is 4.52. The van der Waals surface area contributed by atoms with Crippen molar-refractivity contribution in [3.05, 3.63) is 64.7 Å². The van der Waals surface area contributed by atoms with Crippen LogP contribution in [-0.2, 0) is 26.3 Å². The Balaban J connectivity index is 1.70. The van der Waals surface area contributed by atoms with Gasteiger partial charge in [0.25, 0.3) is 0 Å². The zero-order valence-electron chi connectivity index (χ0n) is 17.2. The highest BCUT2D eigenvalue weighted by Gasteiger charge is 2.36. The summed E-state index contributed by atoms with van der Waals surface area (Å²) in [7, 11) is 3.03. The number of guanidine groups is 1. The first-order chi connectivity index (χ1) is 14.2. The normalized spacial score (nSPS) is 12.3. The lowest BCUT2D eigenvalue weighted by Gasteiger charge is -2.15. The topological polar surface area (TPSA) is 72.1 Å². The van der Waals surface area contributed by atoms with E-state index >= 15 is 0 Å². The summed E-state index contributed by atoms with van der Waals surface area (Å²) in [5, 5.41) is 14.1. The van der Waals surface area contributed by atoms with Crippen LogP contribution in [0.25, 0.3) is 5.69 Å². The van der Waals surface area contributed by atoms with E-state index in [-0.39, 0.29) is 12.1 Å². The zero-order chi connectivity index (χ0) is 21.9. The molecule has 0 unspecified atom stereocenters. The van der Waals surface area contributed by atoms with Crippen molar-refractivity contribution in [1.29, 1.82) is 0 Å². The van der Waals surface area contributed by atoms with E-state index in [1.807, 2.05) is 48.9 Å². The van der Waals surface area contributed by atoms with Crippen LogP contribution in [0.3, 0.4) is 0 Å². The predicted octanol–water partition coefficient (Wildman–Crippen LogP) is 3.11. The van der Waals surface area contributed by atoms with Crippen LogP contribution in [0, 0.1) is 13.8 Å². The molecule has 3 rings (SSSR count). The molecule has 0 bridgehead atoms. The van der Waals surface area contributed by atoms with Crippen LogP contribution in [-0.4, -0.2) is 32.6 Å². The molecule has 0 saturated heterocycles. The Morgan fingerprint density at radius 2 is 1.73 bits per heavy atom. The van der Waals surface area contributed by atoms with Gasteiger partial charge in [0.1, 0.15) is 0 Å². The SMILES string of the molecule is CN=C(NCc1ccccc1-n1nc(C)cc1C)NCc1cn(C)nc1C(F)(F)F. The first-order valence-corrected chi connectivity index (χ1v) is 9.35. The summed E-state index contributed by atoms with van der Waals surface area (Å²) in [6, 6.07) is 9.79. The van der Waals surface area contributed by atoms with Gasteiger partial charge in [0.15, 0.2) is 11.7 Å². The fraction of sp³-hybridized carbons (Fsp3) is 0.350. The lowest BCUT2D eigenvalue weighted by atomic mass is 10.1. The highest BCUT2D eigenvalue weighted by Crippen LogP contribution is 2.30. The summed E-state index contributed by atoms with van der Waals surface area (Å²) in [6.45, 7) is 4.29. The number of nitrogens with zero attached hydrogens (tertiary/aromatic N) is 5. The molecule has 0 aliphatic rings. The minimum absolute atomic E-state index is 0.0518. The average molecular weight is 419 g/mol. The number of alkyl halides is 3. The van der Waals surface area contributed by atoms with Crippen molar-refractivity contribution in [2.24, 2.45) is 12.0 Å². The van der Waals surface area contributed by atoms with Gasteiger partial charge < -0.3 is 10.6 Å². The van der Waals surface area contributed by atoms with Crippen LogP contribution in [0.2, 0.25) is 0 Å². The quantitative estimate of drug-likeness (QED) is 0.493. The second kappa shape index (κ2) is 8.60. The van der Waals surface area contributed by atoms with E-state index < -0.39 is 11.9 Å². The fourth-order valence-corrected chi connectivity index (χ4v) is 3.22. The van der Waals surface area contributed by atoms with Crippen molar-refractivity contribution >= 4 is 5.96 Å². The minimum Gasteiger partial charge on any atom is -0.352 e. The Hall–Kier alpha value is -3.30. The second-order valence-corrected chi connectivity index (χ2v) is 6.92. The number of aliphatic imine (C=N–C) groups is 1. The van der Waals surface area contributed by atoms with Gasteiger partial charge in [-0.05, 0) is 31.5 Å². The van der Waals surface area contributed by atoms with Gasteiger partial charge in [0.2, 0.25) is 0 Å². The first kappa shape index (κ1) is 21.4. The van der Waals surface area contributed by atoms with Gasteiger partial charge in [0, 0.05) is 44.6 Å². The van der Waals surface area contributed by atoms with Gasteiger partial charge in [-0.3, -0.25) is 9.67 Å². The highest BCUT2D eigenvalue weighted by molar-refractivity contribution is 5.79. The number of hydrogen-bond donors (Lipinski definition) is 2.